The quantitative estimate of drug-likeness (QED) is 0.419. The fourth-order valence-corrected chi connectivity index (χ4v) is 0.200. The Balaban J connectivity index is 3.79. The lowest BCUT2D eigenvalue weighted by Crippen LogP contribution is -2.37. The molecule has 3 N–H and O–H groups in total. The van der Waals surface area contributed by atoms with Gasteiger partial charge in [-0.1, -0.05) is 6.58 Å². The van der Waals surface area contributed by atoms with Crippen LogP contribution in [0.2, 0.25) is 0 Å². The van der Waals surface area contributed by atoms with Crippen molar-refractivity contribution in [2.75, 3.05) is 0 Å². The molecular weight excluding hydrogens is 124 g/mol. The number of nitrogens with one attached hydrogen (secondary N) is 1. The zero-order valence-electron chi connectivity index (χ0n) is 4.51. The third-order valence-corrected chi connectivity index (χ3v) is 0.520. The van der Waals surface area contributed by atoms with Gasteiger partial charge in [0.05, 0.1) is 11.7 Å². The molecule has 50 valence electrons. The Morgan fingerprint density at radius 3 is 2.11 bits per heavy atom. The molecule has 0 heterocycles. The normalized spacial score (nSPS) is 8.00. The highest BCUT2D eigenvalue weighted by molar-refractivity contribution is 5.89. The van der Waals surface area contributed by atoms with Gasteiger partial charge in [0, 0.05) is 0 Å². The maximum absolute atomic E-state index is 9.87. The summed E-state index contributed by atoms with van der Waals surface area (Å²) in [6.45, 7) is 2.92. The van der Waals surface area contributed by atoms with Gasteiger partial charge in [0.2, 0.25) is 0 Å². The van der Waals surface area contributed by atoms with E-state index in [4.69, 9.17) is 0 Å². The van der Waals surface area contributed by atoms with Crippen molar-refractivity contribution in [2.45, 2.75) is 0 Å². The molecule has 0 fully saturated rings. The van der Waals surface area contributed by atoms with E-state index >= 15 is 0 Å². The van der Waals surface area contributed by atoms with E-state index in [1.807, 2.05) is 0 Å². The van der Waals surface area contributed by atoms with E-state index in [1.165, 1.54) is 0 Å². The highest BCUT2D eigenvalue weighted by atomic mass is 16.4. The Labute approximate surface area is 51.2 Å². The van der Waals surface area contributed by atoms with Crippen LogP contribution in [0.5, 0.6) is 0 Å². The topological polar surface area (TPSA) is 95.2 Å². The van der Waals surface area contributed by atoms with E-state index in [0.29, 0.717) is 0 Å². The number of urea groups is 1. The molecule has 2 amide bonds. The average Bonchev–Trinajstić information content (AvgIpc) is 1.63. The lowest BCUT2D eigenvalue weighted by molar-refractivity contribution is -0.299. The molecule has 0 aromatic rings. The number of hydrogen-bond donors (Lipinski definition) is 2. The largest absolute Gasteiger partial charge is 0.543 e. The van der Waals surface area contributed by atoms with Crippen LogP contribution in [-0.2, 0) is 4.79 Å². The molecule has 0 rings (SSSR count). The molecular formula is C4H5N2O3-. The summed E-state index contributed by atoms with van der Waals surface area (Å²) in [5, 5.41) is 11.5. The highest BCUT2D eigenvalue weighted by Crippen LogP contribution is 1.76. The number of amides is 2. The van der Waals surface area contributed by atoms with Crippen molar-refractivity contribution in [2.24, 2.45) is 5.73 Å². The zero-order chi connectivity index (χ0) is 7.44. The number of rotatable bonds is 2. The smallest absolute Gasteiger partial charge is 0.316 e. The van der Waals surface area contributed by atoms with E-state index in [2.05, 4.69) is 12.3 Å². The van der Waals surface area contributed by atoms with Gasteiger partial charge in [-0.2, -0.15) is 0 Å². The molecule has 0 saturated carbocycles. The second-order valence-corrected chi connectivity index (χ2v) is 1.26. The predicted molar refractivity (Wildman–Crippen MR) is 26.9 cm³/mol. The minimum Gasteiger partial charge on any atom is -0.543 e. The fourth-order valence-electron chi connectivity index (χ4n) is 0.200. The molecule has 9 heavy (non-hydrogen) atoms. The van der Waals surface area contributed by atoms with E-state index in [-0.39, 0.29) is 0 Å². The zero-order valence-corrected chi connectivity index (χ0v) is 4.51. The predicted octanol–water partition coefficient (Wildman–Crippen LogP) is -2.08. The van der Waals surface area contributed by atoms with Gasteiger partial charge in [0.15, 0.2) is 0 Å². The third-order valence-electron chi connectivity index (χ3n) is 0.520. The molecule has 5 nitrogen and oxygen atoms in total. The summed E-state index contributed by atoms with van der Waals surface area (Å²) in [5.74, 6) is -1.55. The minimum absolute atomic E-state index is 0.539. The van der Waals surface area contributed by atoms with Crippen LogP contribution < -0.4 is 16.2 Å². The summed E-state index contributed by atoms with van der Waals surface area (Å²) in [5.41, 5.74) is 3.99. The first-order valence-corrected chi connectivity index (χ1v) is 2.00. The van der Waals surface area contributed by atoms with Crippen LogP contribution in [0.4, 0.5) is 4.79 Å². The first kappa shape index (κ1) is 7.48. The van der Waals surface area contributed by atoms with Crippen molar-refractivity contribution >= 4 is 12.0 Å². The average molecular weight is 129 g/mol. The number of primary amides is 1. The van der Waals surface area contributed by atoms with Gasteiger partial charge in [0.1, 0.15) is 0 Å². The van der Waals surface area contributed by atoms with Crippen LogP contribution in [0.1, 0.15) is 0 Å². The fraction of sp³-hybridized carbons (Fsp3) is 0. The van der Waals surface area contributed by atoms with Crippen molar-refractivity contribution in [3.63, 3.8) is 0 Å². The molecule has 0 bridgehead atoms. The second-order valence-electron chi connectivity index (χ2n) is 1.26. The van der Waals surface area contributed by atoms with Crippen molar-refractivity contribution in [3.8, 4) is 0 Å². The van der Waals surface area contributed by atoms with E-state index < -0.39 is 17.7 Å². The van der Waals surface area contributed by atoms with Crippen LogP contribution in [0.15, 0.2) is 12.3 Å². The van der Waals surface area contributed by atoms with Crippen LogP contribution in [0.3, 0.4) is 0 Å². The molecule has 0 unspecified atom stereocenters. The van der Waals surface area contributed by atoms with Crippen molar-refractivity contribution < 1.29 is 14.7 Å². The SMILES string of the molecule is C=C(NC(N)=O)C(=O)[O-]. The van der Waals surface area contributed by atoms with Crippen LogP contribution in [0, 0.1) is 0 Å². The Morgan fingerprint density at radius 2 is 2.00 bits per heavy atom. The summed E-state index contributed by atoms with van der Waals surface area (Å²) in [6, 6.07) is -0.968. The second kappa shape index (κ2) is 2.71. The van der Waals surface area contributed by atoms with Gasteiger partial charge < -0.3 is 21.0 Å². The molecule has 0 atom stereocenters. The van der Waals surface area contributed by atoms with Gasteiger partial charge in [-0.15, -0.1) is 0 Å². The molecule has 5 heteroatoms. The van der Waals surface area contributed by atoms with E-state index in [0.717, 1.165) is 0 Å². The molecule has 0 aliphatic carbocycles. The third kappa shape index (κ3) is 3.10. The van der Waals surface area contributed by atoms with Crippen LogP contribution >= 0.6 is 0 Å². The Morgan fingerprint density at radius 1 is 1.56 bits per heavy atom. The monoisotopic (exact) mass is 129 g/mol. The van der Waals surface area contributed by atoms with Crippen LogP contribution in [-0.4, -0.2) is 12.0 Å². The minimum atomic E-state index is -1.55. The van der Waals surface area contributed by atoms with E-state index in [1.54, 1.807) is 5.32 Å². The van der Waals surface area contributed by atoms with Crippen molar-refractivity contribution in [1.82, 2.24) is 5.32 Å². The lowest BCUT2D eigenvalue weighted by Gasteiger charge is -2.04. The van der Waals surface area contributed by atoms with Crippen molar-refractivity contribution in [3.05, 3.63) is 12.3 Å². The molecule has 0 aliphatic rings. The van der Waals surface area contributed by atoms with Gasteiger partial charge in [-0.05, 0) is 0 Å². The Kier molecular flexibility index (Phi) is 2.25. The lowest BCUT2D eigenvalue weighted by atomic mass is 10.5. The molecule has 0 saturated heterocycles. The number of carbonyl (C=O) groups is 2. The molecule has 0 radical (unpaired) electrons. The maximum Gasteiger partial charge on any atom is 0.316 e. The van der Waals surface area contributed by atoms with E-state index in [9.17, 15) is 14.7 Å². The van der Waals surface area contributed by atoms with Crippen molar-refractivity contribution in [1.29, 1.82) is 0 Å². The number of aliphatic carboxylic acids is 1. The Hall–Kier alpha value is -1.52. The summed E-state index contributed by atoms with van der Waals surface area (Å²) < 4.78 is 0. The Bertz CT molecular complexity index is 163. The molecule has 0 spiro atoms. The number of carbonyl (C=O) groups excluding carboxylic acids is 2. The molecule has 0 aliphatic heterocycles. The van der Waals surface area contributed by atoms with Gasteiger partial charge in [-0.25, -0.2) is 4.79 Å². The van der Waals surface area contributed by atoms with Gasteiger partial charge in [0.25, 0.3) is 0 Å². The number of hydrogen-bond acceptors (Lipinski definition) is 3. The number of carboxylic acids is 1. The molecule has 0 aromatic carbocycles. The highest BCUT2D eigenvalue weighted by Gasteiger charge is 1.94. The summed E-state index contributed by atoms with van der Waals surface area (Å²) in [4.78, 5) is 19.6. The summed E-state index contributed by atoms with van der Waals surface area (Å²) in [6.07, 6.45) is 0. The first-order chi connectivity index (χ1) is 4.04. The van der Waals surface area contributed by atoms with Gasteiger partial charge >= 0.3 is 6.03 Å². The van der Waals surface area contributed by atoms with Crippen LogP contribution in [0.25, 0.3) is 0 Å². The maximum atomic E-state index is 9.87. The standard InChI is InChI=1S/C4H6N2O3/c1-2(3(7)8)6-4(5)9/h1H2,(H,7,8)(H3,5,6,9)/p-1. The van der Waals surface area contributed by atoms with Gasteiger partial charge in [-0.3, -0.25) is 0 Å². The summed E-state index contributed by atoms with van der Waals surface area (Å²) >= 11 is 0. The summed E-state index contributed by atoms with van der Waals surface area (Å²) in [7, 11) is 0. The first-order valence-electron chi connectivity index (χ1n) is 2.00. The molecule has 0 aromatic heterocycles. The number of nitrogens with two attached hydrogens (primary N) is 1. The number of carboxylic acid groups (broad SMARTS) is 1.